The first kappa shape index (κ1) is 7.94. The SMILES string of the molecule is ClC[C@@H](Cl)[C@H]1C[C@H]2C=C[C@@H]1C2. The molecule has 0 aromatic carbocycles. The molecule has 1 saturated carbocycles. The van der Waals surface area contributed by atoms with Gasteiger partial charge in [-0.2, -0.15) is 0 Å². The van der Waals surface area contributed by atoms with E-state index in [1.807, 2.05) is 0 Å². The molecule has 0 saturated heterocycles. The van der Waals surface area contributed by atoms with Crippen molar-refractivity contribution in [1.82, 2.24) is 0 Å². The summed E-state index contributed by atoms with van der Waals surface area (Å²) >= 11 is 11.8. The molecule has 11 heavy (non-hydrogen) atoms. The van der Waals surface area contributed by atoms with Gasteiger partial charge < -0.3 is 0 Å². The van der Waals surface area contributed by atoms with Crippen LogP contribution in [0, 0.1) is 17.8 Å². The van der Waals surface area contributed by atoms with Crippen molar-refractivity contribution in [2.75, 3.05) is 5.88 Å². The van der Waals surface area contributed by atoms with Crippen molar-refractivity contribution in [2.24, 2.45) is 17.8 Å². The molecule has 0 aliphatic heterocycles. The third-order valence-electron chi connectivity index (χ3n) is 2.94. The number of hydrogen-bond acceptors (Lipinski definition) is 0. The minimum absolute atomic E-state index is 0.191. The van der Waals surface area contributed by atoms with Crippen molar-refractivity contribution < 1.29 is 0 Å². The topological polar surface area (TPSA) is 0 Å². The summed E-state index contributed by atoms with van der Waals surface area (Å²) in [5.41, 5.74) is 0. The van der Waals surface area contributed by atoms with E-state index in [0.717, 1.165) is 11.8 Å². The van der Waals surface area contributed by atoms with E-state index in [1.165, 1.54) is 12.8 Å². The Labute approximate surface area is 77.6 Å². The van der Waals surface area contributed by atoms with Crippen molar-refractivity contribution in [3.8, 4) is 0 Å². The summed E-state index contributed by atoms with van der Waals surface area (Å²) in [6, 6.07) is 0. The smallest absolute Gasteiger partial charge is 0.0505 e. The van der Waals surface area contributed by atoms with Gasteiger partial charge >= 0.3 is 0 Å². The highest BCUT2D eigenvalue weighted by molar-refractivity contribution is 6.28. The van der Waals surface area contributed by atoms with Crippen LogP contribution in [-0.4, -0.2) is 11.3 Å². The monoisotopic (exact) mass is 190 g/mol. The van der Waals surface area contributed by atoms with E-state index in [9.17, 15) is 0 Å². The van der Waals surface area contributed by atoms with Crippen molar-refractivity contribution >= 4 is 23.2 Å². The van der Waals surface area contributed by atoms with E-state index in [4.69, 9.17) is 23.2 Å². The number of hydrogen-bond donors (Lipinski definition) is 0. The summed E-state index contributed by atoms with van der Waals surface area (Å²) in [5.74, 6) is 2.81. The molecule has 0 aromatic heterocycles. The first-order valence-electron chi connectivity index (χ1n) is 4.19. The molecule has 4 atom stereocenters. The van der Waals surface area contributed by atoms with Crippen molar-refractivity contribution in [1.29, 1.82) is 0 Å². The predicted molar refractivity (Wildman–Crippen MR) is 49.2 cm³/mol. The largest absolute Gasteiger partial charge is 0.125 e. The van der Waals surface area contributed by atoms with Crippen LogP contribution in [-0.2, 0) is 0 Å². The molecule has 62 valence electrons. The van der Waals surface area contributed by atoms with E-state index in [0.29, 0.717) is 11.8 Å². The van der Waals surface area contributed by atoms with E-state index in [1.54, 1.807) is 0 Å². The van der Waals surface area contributed by atoms with Crippen LogP contribution in [0.1, 0.15) is 12.8 Å². The van der Waals surface area contributed by atoms with E-state index >= 15 is 0 Å². The Balaban J connectivity index is 2.02. The van der Waals surface area contributed by atoms with E-state index in [2.05, 4.69) is 12.2 Å². The van der Waals surface area contributed by atoms with Crippen LogP contribution in [0.3, 0.4) is 0 Å². The molecule has 2 rings (SSSR count). The molecule has 0 radical (unpaired) electrons. The Kier molecular flexibility index (Phi) is 2.16. The molecule has 0 N–H and O–H groups in total. The normalized spacial score (nSPS) is 43.3. The zero-order valence-corrected chi connectivity index (χ0v) is 7.85. The van der Waals surface area contributed by atoms with Crippen molar-refractivity contribution in [2.45, 2.75) is 18.2 Å². The lowest BCUT2D eigenvalue weighted by atomic mass is 9.91. The second-order valence-corrected chi connectivity index (χ2v) is 4.48. The molecule has 0 nitrogen and oxygen atoms in total. The van der Waals surface area contributed by atoms with Gasteiger partial charge in [0.05, 0.1) is 5.38 Å². The highest BCUT2D eigenvalue weighted by Crippen LogP contribution is 2.46. The summed E-state index contributed by atoms with van der Waals surface area (Å²) in [7, 11) is 0. The third kappa shape index (κ3) is 1.31. The molecule has 0 spiro atoms. The van der Waals surface area contributed by atoms with Crippen LogP contribution < -0.4 is 0 Å². The molecule has 1 fully saturated rings. The molecule has 2 aliphatic rings. The molecule has 0 heterocycles. The molecule has 0 unspecified atom stereocenters. The number of halogens is 2. The van der Waals surface area contributed by atoms with Gasteiger partial charge in [0, 0.05) is 5.88 Å². The van der Waals surface area contributed by atoms with Crippen molar-refractivity contribution in [3.05, 3.63) is 12.2 Å². The highest BCUT2D eigenvalue weighted by atomic mass is 35.5. The second-order valence-electron chi connectivity index (χ2n) is 3.61. The van der Waals surface area contributed by atoms with Crippen LogP contribution in [0.15, 0.2) is 12.2 Å². The van der Waals surface area contributed by atoms with E-state index in [-0.39, 0.29) is 5.38 Å². The zero-order chi connectivity index (χ0) is 7.84. The van der Waals surface area contributed by atoms with E-state index < -0.39 is 0 Å². The second kappa shape index (κ2) is 2.99. The van der Waals surface area contributed by atoms with Crippen LogP contribution in [0.2, 0.25) is 0 Å². The molecule has 0 amide bonds. The lowest BCUT2D eigenvalue weighted by Crippen LogP contribution is -2.20. The van der Waals surface area contributed by atoms with Gasteiger partial charge in [0.25, 0.3) is 0 Å². The molecule has 2 heteroatoms. The lowest BCUT2D eigenvalue weighted by Gasteiger charge is -2.21. The minimum Gasteiger partial charge on any atom is -0.125 e. The first-order valence-corrected chi connectivity index (χ1v) is 5.16. The minimum atomic E-state index is 0.191. The van der Waals surface area contributed by atoms with Crippen LogP contribution in [0.5, 0.6) is 0 Å². The fraction of sp³-hybridized carbons (Fsp3) is 0.778. The Morgan fingerprint density at radius 3 is 2.64 bits per heavy atom. The summed E-state index contributed by atoms with van der Waals surface area (Å²) in [4.78, 5) is 0. The number of fused-ring (bicyclic) bond motifs is 2. The number of allylic oxidation sites excluding steroid dienone is 2. The van der Waals surface area contributed by atoms with Gasteiger partial charge in [-0.15, -0.1) is 23.2 Å². The maximum Gasteiger partial charge on any atom is 0.0505 e. The quantitative estimate of drug-likeness (QED) is 0.464. The maximum atomic E-state index is 6.10. The Bertz CT molecular complexity index is 176. The number of alkyl halides is 2. The van der Waals surface area contributed by atoms with Gasteiger partial charge in [0.2, 0.25) is 0 Å². The Morgan fingerprint density at radius 1 is 1.36 bits per heavy atom. The standard InChI is InChI=1S/C9H12Cl2/c10-5-9(11)8-4-6-1-2-7(8)3-6/h1-2,6-9H,3-5H2/t6-,7+,8-,9+/m0/s1. The molecule has 0 aromatic rings. The summed E-state index contributed by atoms with van der Waals surface area (Å²) in [6.45, 7) is 0. The predicted octanol–water partition coefficient (Wildman–Crippen LogP) is 3.04. The Hall–Kier alpha value is 0.320. The van der Waals surface area contributed by atoms with Crippen LogP contribution in [0.4, 0.5) is 0 Å². The molecule has 2 aliphatic carbocycles. The number of rotatable bonds is 2. The fourth-order valence-corrected chi connectivity index (χ4v) is 2.87. The first-order chi connectivity index (χ1) is 5.31. The maximum absolute atomic E-state index is 6.10. The molecular formula is C9H12Cl2. The lowest BCUT2D eigenvalue weighted by molar-refractivity contribution is 0.443. The molecule has 2 bridgehead atoms. The average molecular weight is 191 g/mol. The summed E-state index contributed by atoms with van der Waals surface area (Å²) < 4.78 is 0. The highest BCUT2D eigenvalue weighted by Gasteiger charge is 2.38. The average Bonchev–Trinajstić information content (AvgIpc) is 2.62. The van der Waals surface area contributed by atoms with Gasteiger partial charge in [-0.3, -0.25) is 0 Å². The van der Waals surface area contributed by atoms with Gasteiger partial charge in [-0.1, -0.05) is 12.2 Å². The Morgan fingerprint density at radius 2 is 2.18 bits per heavy atom. The fourth-order valence-electron chi connectivity index (χ4n) is 2.35. The van der Waals surface area contributed by atoms with Gasteiger partial charge in [0.1, 0.15) is 0 Å². The van der Waals surface area contributed by atoms with Gasteiger partial charge in [0.15, 0.2) is 0 Å². The van der Waals surface area contributed by atoms with Gasteiger partial charge in [-0.25, -0.2) is 0 Å². The zero-order valence-electron chi connectivity index (χ0n) is 6.34. The van der Waals surface area contributed by atoms with Crippen molar-refractivity contribution in [3.63, 3.8) is 0 Å². The summed E-state index contributed by atoms with van der Waals surface area (Å²) in [5, 5.41) is 0.191. The third-order valence-corrected chi connectivity index (χ3v) is 3.91. The van der Waals surface area contributed by atoms with Crippen LogP contribution in [0.25, 0.3) is 0 Å². The summed E-state index contributed by atoms with van der Waals surface area (Å²) in [6.07, 6.45) is 7.24. The van der Waals surface area contributed by atoms with Crippen LogP contribution >= 0.6 is 23.2 Å². The van der Waals surface area contributed by atoms with Gasteiger partial charge in [-0.05, 0) is 30.6 Å². The molecular weight excluding hydrogens is 179 g/mol.